The monoisotopic (exact) mass is 356 g/mol. The lowest BCUT2D eigenvalue weighted by Crippen LogP contribution is -2.19. The van der Waals surface area contributed by atoms with E-state index in [9.17, 15) is 14.0 Å². The topological polar surface area (TPSA) is 67.8 Å². The fourth-order valence-electron chi connectivity index (χ4n) is 2.12. The SMILES string of the molecule is COC(=O)c1ccc(N=C2NC(=O)/C(=C/c3ccccc3F)S2)cc1. The summed E-state index contributed by atoms with van der Waals surface area (Å²) in [4.78, 5) is 28.1. The lowest BCUT2D eigenvalue weighted by atomic mass is 10.2. The molecule has 7 heteroatoms. The molecule has 0 radical (unpaired) electrons. The van der Waals surface area contributed by atoms with Crippen molar-refractivity contribution in [1.29, 1.82) is 0 Å². The minimum Gasteiger partial charge on any atom is -0.465 e. The fraction of sp³-hybridized carbons (Fsp3) is 0.0556. The van der Waals surface area contributed by atoms with Crippen molar-refractivity contribution in [3.8, 4) is 0 Å². The number of rotatable bonds is 3. The lowest BCUT2D eigenvalue weighted by Gasteiger charge is -2.00. The van der Waals surface area contributed by atoms with Gasteiger partial charge in [-0.2, -0.15) is 0 Å². The Bertz CT molecular complexity index is 891. The second kappa shape index (κ2) is 7.31. The van der Waals surface area contributed by atoms with Crippen molar-refractivity contribution in [3.05, 3.63) is 70.4 Å². The first-order valence-electron chi connectivity index (χ1n) is 7.29. The van der Waals surface area contributed by atoms with Crippen LogP contribution in [0.25, 0.3) is 6.08 Å². The summed E-state index contributed by atoms with van der Waals surface area (Å²) in [5.41, 5.74) is 1.32. The van der Waals surface area contributed by atoms with Crippen molar-refractivity contribution in [2.24, 2.45) is 4.99 Å². The van der Waals surface area contributed by atoms with Crippen molar-refractivity contribution in [1.82, 2.24) is 5.32 Å². The van der Waals surface area contributed by atoms with Crippen molar-refractivity contribution in [3.63, 3.8) is 0 Å². The highest BCUT2D eigenvalue weighted by atomic mass is 32.2. The summed E-state index contributed by atoms with van der Waals surface area (Å²) < 4.78 is 18.3. The molecule has 1 heterocycles. The number of benzene rings is 2. The van der Waals surface area contributed by atoms with Gasteiger partial charge >= 0.3 is 5.97 Å². The van der Waals surface area contributed by atoms with Gasteiger partial charge < -0.3 is 10.1 Å². The van der Waals surface area contributed by atoms with Gasteiger partial charge in [0.1, 0.15) is 5.82 Å². The molecule has 5 nitrogen and oxygen atoms in total. The predicted octanol–water partition coefficient (Wildman–Crippen LogP) is 3.50. The van der Waals surface area contributed by atoms with Gasteiger partial charge in [0.05, 0.1) is 23.3 Å². The largest absolute Gasteiger partial charge is 0.465 e. The lowest BCUT2D eigenvalue weighted by molar-refractivity contribution is -0.115. The molecule has 0 aliphatic carbocycles. The molecule has 1 N–H and O–H groups in total. The summed E-state index contributed by atoms with van der Waals surface area (Å²) in [7, 11) is 1.31. The van der Waals surface area contributed by atoms with E-state index in [0.717, 1.165) is 11.8 Å². The number of nitrogens with one attached hydrogen (secondary N) is 1. The zero-order chi connectivity index (χ0) is 17.8. The molecule has 2 aromatic rings. The van der Waals surface area contributed by atoms with Crippen LogP contribution in [0.5, 0.6) is 0 Å². The molecule has 0 bridgehead atoms. The van der Waals surface area contributed by atoms with Gasteiger partial charge in [0, 0.05) is 5.56 Å². The number of carbonyl (C=O) groups excluding carboxylic acids is 2. The Morgan fingerprint density at radius 2 is 1.92 bits per heavy atom. The molecule has 126 valence electrons. The summed E-state index contributed by atoms with van der Waals surface area (Å²) in [5.74, 6) is -1.16. The van der Waals surface area contributed by atoms with Crippen molar-refractivity contribution >= 4 is 40.6 Å². The molecular weight excluding hydrogens is 343 g/mol. The van der Waals surface area contributed by atoms with E-state index in [1.54, 1.807) is 42.5 Å². The van der Waals surface area contributed by atoms with Crippen LogP contribution in [0.4, 0.5) is 10.1 Å². The molecule has 1 aliphatic rings. The van der Waals surface area contributed by atoms with Crippen molar-refractivity contribution in [2.45, 2.75) is 0 Å². The Kier molecular flexibility index (Phi) is 4.95. The Labute approximate surface area is 147 Å². The number of ether oxygens (including phenoxy) is 1. The number of methoxy groups -OCH3 is 1. The van der Waals surface area contributed by atoms with Crippen LogP contribution in [-0.4, -0.2) is 24.2 Å². The molecular formula is C18H13FN2O3S. The van der Waals surface area contributed by atoms with Crippen LogP contribution in [0.2, 0.25) is 0 Å². The molecule has 0 saturated carbocycles. The number of amides is 1. The van der Waals surface area contributed by atoms with Crippen LogP contribution >= 0.6 is 11.8 Å². The Balaban J connectivity index is 1.79. The van der Waals surface area contributed by atoms with E-state index < -0.39 is 11.8 Å². The van der Waals surface area contributed by atoms with Crippen LogP contribution in [0.15, 0.2) is 58.4 Å². The zero-order valence-corrected chi connectivity index (χ0v) is 14.0. The standard InChI is InChI=1S/C18H13FN2O3S/c1-24-17(23)11-6-8-13(9-7-11)20-18-21-16(22)15(25-18)10-12-4-2-3-5-14(12)19/h2-10H,1H3,(H,20,21,22)/b15-10-. The van der Waals surface area contributed by atoms with E-state index in [2.05, 4.69) is 15.0 Å². The third-order valence-electron chi connectivity index (χ3n) is 3.36. The third kappa shape index (κ3) is 3.95. The molecule has 1 fully saturated rings. The first-order valence-corrected chi connectivity index (χ1v) is 8.11. The summed E-state index contributed by atoms with van der Waals surface area (Å²) in [6.07, 6.45) is 1.48. The Hall–Kier alpha value is -2.93. The molecule has 2 aromatic carbocycles. The van der Waals surface area contributed by atoms with Gasteiger partial charge in [-0.3, -0.25) is 4.79 Å². The maximum absolute atomic E-state index is 13.7. The van der Waals surface area contributed by atoms with E-state index in [4.69, 9.17) is 0 Å². The van der Waals surface area contributed by atoms with Gasteiger partial charge in [-0.05, 0) is 48.2 Å². The molecule has 0 spiro atoms. The number of amidine groups is 1. The number of aliphatic imine (C=N–C) groups is 1. The molecule has 0 unspecified atom stereocenters. The minimum atomic E-state index is -0.433. The summed E-state index contributed by atoms with van der Waals surface area (Å²) in [5, 5.41) is 3.02. The minimum absolute atomic E-state index is 0.335. The van der Waals surface area contributed by atoms with E-state index in [1.165, 1.54) is 19.3 Å². The van der Waals surface area contributed by atoms with Gasteiger partial charge in [-0.25, -0.2) is 14.2 Å². The molecule has 25 heavy (non-hydrogen) atoms. The van der Waals surface area contributed by atoms with Crippen LogP contribution < -0.4 is 5.32 Å². The van der Waals surface area contributed by atoms with Crippen molar-refractivity contribution in [2.75, 3.05) is 7.11 Å². The maximum atomic E-state index is 13.7. The summed E-state index contributed by atoms with van der Waals surface area (Å²) in [6, 6.07) is 12.7. The highest BCUT2D eigenvalue weighted by molar-refractivity contribution is 8.18. The number of hydrogen-bond acceptors (Lipinski definition) is 5. The van der Waals surface area contributed by atoms with Crippen LogP contribution in [0, 0.1) is 5.82 Å². The van der Waals surface area contributed by atoms with E-state index >= 15 is 0 Å². The first-order chi connectivity index (χ1) is 12.1. The average Bonchev–Trinajstić information content (AvgIpc) is 2.96. The van der Waals surface area contributed by atoms with E-state index in [-0.39, 0.29) is 5.91 Å². The number of halogens is 1. The van der Waals surface area contributed by atoms with Crippen molar-refractivity contribution < 1.29 is 18.7 Å². The Morgan fingerprint density at radius 3 is 2.60 bits per heavy atom. The second-order valence-corrected chi connectivity index (χ2v) is 6.07. The van der Waals surface area contributed by atoms with Crippen LogP contribution in [-0.2, 0) is 9.53 Å². The van der Waals surface area contributed by atoms with Gasteiger partial charge in [0.25, 0.3) is 5.91 Å². The quantitative estimate of drug-likeness (QED) is 0.675. The molecule has 0 aromatic heterocycles. The molecule has 0 atom stereocenters. The fourth-order valence-corrected chi connectivity index (χ4v) is 2.95. The molecule has 1 saturated heterocycles. The Morgan fingerprint density at radius 1 is 1.20 bits per heavy atom. The number of hydrogen-bond donors (Lipinski definition) is 1. The summed E-state index contributed by atoms with van der Waals surface area (Å²) in [6.45, 7) is 0. The smallest absolute Gasteiger partial charge is 0.337 e. The van der Waals surface area contributed by atoms with E-state index in [1.807, 2.05) is 0 Å². The molecule has 3 rings (SSSR count). The molecule has 1 aliphatic heterocycles. The number of esters is 1. The number of thioether (sulfide) groups is 1. The van der Waals surface area contributed by atoms with Gasteiger partial charge in [0.2, 0.25) is 0 Å². The molecule has 1 amide bonds. The van der Waals surface area contributed by atoms with Gasteiger partial charge in [-0.1, -0.05) is 18.2 Å². The zero-order valence-electron chi connectivity index (χ0n) is 13.2. The van der Waals surface area contributed by atoms with Crippen LogP contribution in [0.1, 0.15) is 15.9 Å². The first kappa shape index (κ1) is 16.9. The van der Waals surface area contributed by atoms with Gasteiger partial charge in [0.15, 0.2) is 5.17 Å². The van der Waals surface area contributed by atoms with Gasteiger partial charge in [-0.15, -0.1) is 0 Å². The van der Waals surface area contributed by atoms with Crippen LogP contribution in [0.3, 0.4) is 0 Å². The number of nitrogens with zero attached hydrogens (tertiary/aromatic N) is 1. The number of carbonyl (C=O) groups is 2. The average molecular weight is 356 g/mol. The third-order valence-corrected chi connectivity index (χ3v) is 4.27. The highest BCUT2D eigenvalue weighted by Crippen LogP contribution is 2.28. The maximum Gasteiger partial charge on any atom is 0.337 e. The normalized spacial score (nSPS) is 17.0. The van der Waals surface area contributed by atoms with E-state index in [0.29, 0.717) is 26.9 Å². The highest BCUT2D eigenvalue weighted by Gasteiger charge is 2.24. The summed E-state index contributed by atoms with van der Waals surface area (Å²) >= 11 is 1.12. The second-order valence-electron chi connectivity index (χ2n) is 5.04. The predicted molar refractivity (Wildman–Crippen MR) is 95.0 cm³/mol.